The topological polar surface area (TPSA) is 103 Å². The summed E-state index contributed by atoms with van der Waals surface area (Å²) < 4.78 is 10.8. The van der Waals surface area contributed by atoms with Gasteiger partial charge in [0.1, 0.15) is 17.2 Å². The molecular formula is C17H16N4O3. The molecule has 3 rings (SSSR count). The summed E-state index contributed by atoms with van der Waals surface area (Å²) in [5.41, 5.74) is 7.57. The molecule has 0 spiro atoms. The Hall–Kier alpha value is -3.35. The zero-order chi connectivity index (χ0) is 16.9. The van der Waals surface area contributed by atoms with Crippen molar-refractivity contribution in [3.8, 4) is 22.8 Å². The third-order valence-electron chi connectivity index (χ3n) is 3.24. The molecule has 0 radical (unpaired) electrons. The summed E-state index contributed by atoms with van der Waals surface area (Å²) in [4.78, 5) is 11.9. The van der Waals surface area contributed by atoms with Gasteiger partial charge in [0.25, 0.3) is 0 Å². The van der Waals surface area contributed by atoms with E-state index in [0.717, 1.165) is 0 Å². The summed E-state index contributed by atoms with van der Waals surface area (Å²) in [7, 11) is 0. The van der Waals surface area contributed by atoms with Gasteiger partial charge >= 0.3 is 5.97 Å². The number of nitrogens with zero attached hydrogens (tertiary/aromatic N) is 2. The number of carbonyl (C=O) groups excluding carboxylic acids is 1. The number of nitrogen functional groups attached to an aromatic ring is 1. The van der Waals surface area contributed by atoms with Crippen LogP contribution in [-0.2, 0) is 4.74 Å². The monoisotopic (exact) mass is 324 g/mol. The van der Waals surface area contributed by atoms with E-state index in [1.807, 2.05) is 18.2 Å². The van der Waals surface area contributed by atoms with Gasteiger partial charge < -0.3 is 15.2 Å². The van der Waals surface area contributed by atoms with Crippen molar-refractivity contribution in [3.63, 3.8) is 0 Å². The van der Waals surface area contributed by atoms with E-state index in [-0.39, 0.29) is 12.3 Å². The molecule has 0 aliphatic carbocycles. The molecule has 0 unspecified atom stereocenters. The van der Waals surface area contributed by atoms with Gasteiger partial charge in [-0.15, -0.1) is 5.10 Å². The summed E-state index contributed by atoms with van der Waals surface area (Å²) >= 11 is 0. The molecule has 1 heterocycles. The first-order valence-electron chi connectivity index (χ1n) is 7.39. The van der Waals surface area contributed by atoms with Crippen LogP contribution in [0.5, 0.6) is 11.5 Å². The predicted octanol–water partition coefficient (Wildman–Crippen LogP) is 3.02. The summed E-state index contributed by atoms with van der Waals surface area (Å²) in [5.74, 6) is 0.744. The predicted molar refractivity (Wildman–Crippen MR) is 88.7 cm³/mol. The van der Waals surface area contributed by atoms with Gasteiger partial charge in [-0.3, -0.25) is 0 Å². The highest BCUT2D eigenvalue weighted by Crippen LogP contribution is 2.28. The number of carbonyl (C=O) groups is 1. The van der Waals surface area contributed by atoms with E-state index in [1.165, 1.54) is 0 Å². The number of hydrogen-bond acceptors (Lipinski definition) is 6. The Morgan fingerprint density at radius 2 is 1.92 bits per heavy atom. The molecule has 2 aromatic carbocycles. The largest absolute Gasteiger partial charge is 0.461 e. The number of anilines is 1. The van der Waals surface area contributed by atoms with Crippen LogP contribution in [0.3, 0.4) is 0 Å². The fraction of sp³-hybridized carbons (Fsp3) is 0.118. The molecule has 0 saturated carbocycles. The molecule has 122 valence electrons. The maximum atomic E-state index is 11.9. The Balaban J connectivity index is 1.87. The normalized spacial score (nSPS) is 10.4. The van der Waals surface area contributed by atoms with Crippen molar-refractivity contribution >= 4 is 11.7 Å². The Kier molecular flexibility index (Phi) is 4.42. The highest BCUT2D eigenvalue weighted by atomic mass is 16.5. The van der Waals surface area contributed by atoms with Crippen LogP contribution in [0.15, 0.2) is 48.5 Å². The van der Waals surface area contributed by atoms with Gasteiger partial charge in [-0.25, -0.2) is 4.79 Å². The molecule has 7 nitrogen and oxygen atoms in total. The first-order valence-corrected chi connectivity index (χ1v) is 7.39. The van der Waals surface area contributed by atoms with Gasteiger partial charge in [0.05, 0.1) is 6.61 Å². The minimum atomic E-state index is -0.522. The molecule has 3 aromatic rings. The van der Waals surface area contributed by atoms with Gasteiger partial charge in [0, 0.05) is 11.3 Å². The van der Waals surface area contributed by atoms with Crippen molar-refractivity contribution in [1.82, 2.24) is 15.4 Å². The lowest BCUT2D eigenvalue weighted by molar-refractivity contribution is 0.0520. The molecule has 24 heavy (non-hydrogen) atoms. The lowest BCUT2D eigenvalue weighted by Gasteiger charge is -2.07. The second-order valence-electron chi connectivity index (χ2n) is 4.94. The maximum absolute atomic E-state index is 11.9. The number of aromatic nitrogens is 3. The highest BCUT2D eigenvalue weighted by molar-refractivity contribution is 5.93. The second kappa shape index (κ2) is 6.82. The van der Waals surface area contributed by atoms with Crippen molar-refractivity contribution < 1.29 is 14.3 Å². The van der Waals surface area contributed by atoms with E-state index < -0.39 is 5.97 Å². The van der Waals surface area contributed by atoms with Crippen LogP contribution in [0.2, 0.25) is 0 Å². The summed E-state index contributed by atoms with van der Waals surface area (Å²) in [5, 5.41) is 10.4. The molecule has 7 heteroatoms. The average molecular weight is 324 g/mol. The zero-order valence-corrected chi connectivity index (χ0v) is 13.0. The van der Waals surface area contributed by atoms with Crippen molar-refractivity contribution in [1.29, 1.82) is 0 Å². The maximum Gasteiger partial charge on any atom is 0.361 e. The number of H-pyrrole nitrogens is 1. The third-order valence-corrected chi connectivity index (χ3v) is 3.24. The van der Waals surface area contributed by atoms with Crippen molar-refractivity contribution in [3.05, 3.63) is 54.2 Å². The fourth-order valence-corrected chi connectivity index (χ4v) is 2.15. The number of nitrogens with two attached hydrogens (primary N) is 1. The molecule has 0 aliphatic heterocycles. The number of rotatable bonds is 5. The number of ether oxygens (including phenoxy) is 2. The van der Waals surface area contributed by atoms with Gasteiger partial charge in [0.2, 0.25) is 0 Å². The molecule has 0 bridgehead atoms. The van der Waals surface area contributed by atoms with Gasteiger partial charge in [0.15, 0.2) is 5.69 Å². The molecule has 0 fully saturated rings. The van der Waals surface area contributed by atoms with Crippen LogP contribution in [-0.4, -0.2) is 28.0 Å². The zero-order valence-electron chi connectivity index (χ0n) is 13.0. The Morgan fingerprint density at radius 1 is 1.12 bits per heavy atom. The van der Waals surface area contributed by atoms with E-state index in [4.69, 9.17) is 15.2 Å². The van der Waals surface area contributed by atoms with Crippen LogP contribution in [0.1, 0.15) is 17.4 Å². The Labute approximate surface area is 138 Å². The first-order chi connectivity index (χ1) is 11.7. The number of benzene rings is 2. The van der Waals surface area contributed by atoms with Crippen LogP contribution < -0.4 is 10.5 Å². The SMILES string of the molecule is CCOC(=O)c1n[nH]nc1-c1cccc(Oc2ccc(N)cc2)c1. The standard InChI is InChI=1S/C17H16N4O3/c1-2-23-17(22)16-15(19-21-20-16)11-4-3-5-14(10-11)24-13-8-6-12(18)7-9-13/h3-10H,2,18H2,1H3,(H,19,20,21). The Bertz CT molecular complexity index is 843. The smallest absolute Gasteiger partial charge is 0.361 e. The minimum Gasteiger partial charge on any atom is -0.461 e. The van der Waals surface area contributed by atoms with Gasteiger partial charge in [-0.2, -0.15) is 10.3 Å². The third kappa shape index (κ3) is 3.35. The number of hydrogen-bond donors (Lipinski definition) is 2. The minimum absolute atomic E-state index is 0.140. The average Bonchev–Trinajstić information content (AvgIpc) is 3.07. The lowest BCUT2D eigenvalue weighted by Crippen LogP contribution is -2.06. The number of esters is 1. The molecule has 0 aliphatic rings. The summed E-state index contributed by atoms with van der Waals surface area (Å²) in [6.07, 6.45) is 0. The van der Waals surface area contributed by atoms with Crippen LogP contribution in [0, 0.1) is 0 Å². The molecule has 0 atom stereocenters. The summed E-state index contributed by atoms with van der Waals surface area (Å²) in [6.45, 7) is 2.00. The molecule has 0 saturated heterocycles. The van der Waals surface area contributed by atoms with E-state index in [9.17, 15) is 4.79 Å². The quantitative estimate of drug-likeness (QED) is 0.552. The molecule has 1 aromatic heterocycles. The molecule has 0 amide bonds. The van der Waals surface area contributed by atoms with E-state index >= 15 is 0 Å². The van der Waals surface area contributed by atoms with Crippen molar-refractivity contribution in [2.45, 2.75) is 6.92 Å². The van der Waals surface area contributed by atoms with Gasteiger partial charge in [-0.05, 0) is 43.3 Å². The first kappa shape index (κ1) is 15.5. The van der Waals surface area contributed by atoms with Crippen molar-refractivity contribution in [2.24, 2.45) is 0 Å². The van der Waals surface area contributed by atoms with Crippen LogP contribution >= 0.6 is 0 Å². The van der Waals surface area contributed by atoms with Gasteiger partial charge in [-0.1, -0.05) is 12.1 Å². The fourth-order valence-electron chi connectivity index (χ4n) is 2.15. The number of aromatic amines is 1. The molecule has 3 N–H and O–H groups in total. The van der Waals surface area contributed by atoms with Crippen LogP contribution in [0.25, 0.3) is 11.3 Å². The van der Waals surface area contributed by atoms with Crippen molar-refractivity contribution in [2.75, 3.05) is 12.3 Å². The van der Waals surface area contributed by atoms with E-state index in [0.29, 0.717) is 28.4 Å². The van der Waals surface area contributed by atoms with E-state index in [2.05, 4.69) is 15.4 Å². The molecular weight excluding hydrogens is 308 g/mol. The summed E-state index contributed by atoms with van der Waals surface area (Å²) in [6, 6.07) is 14.3. The highest BCUT2D eigenvalue weighted by Gasteiger charge is 2.19. The Morgan fingerprint density at radius 3 is 2.67 bits per heavy atom. The van der Waals surface area contributed by atoms with E-state index in [1.54, 1.807) is 37.3 Å². The lowest BCUT2D eigenvalue weighted by atomic mass is 10.1. The van der Waals surface area contributed by atoms with Crippen LogP contribution in [0.4, 0.5) is 5.69 Å². The second-order valence-corrected chi connectivity index (χ2v) is 4.94. The number of nitrogens with one attached hydrogen (secondary N) is 1.